The van der Waals surface area contributed by atoms with Gasteiger partial charge in [-0.25, -0.2) is 9.67 Å². The maximum atomic E-state index is 4.66. The van der Waals surface area contributed by atoms with E-state index in [0.29, 0.717) is 0 Å². The summed E-state index contributed by atoms with van der Waals surface area (Å²) in [4.78, 5) is 4.66. The van der Waals surface area contributed by atoms with E-state index in [1.54, 1.807) is 28.2 Å². The molecule has 0 bridgehead atoms. The lowest BCUT2D eigenvalue weighted by Gasteiger charge is -2.03. The Balaban J connectivity index is 1.47. The van der Waals surface area contributed by atoms with Crippen LogP contribution in [0, 0.1) is 0 Å². The Bertz CT molecular complexity index is 728. The van der Waals surface area contributed by atoms with Crippen molar-refractivity contribution in [2.75, 3.05) is 11.5 Å². The van der Waals surface area contributed by atoms with Crippen molar-refractivity contribution in [3.8, 4) is 0 Å². The minimum atomic E-state index is 0.865. The van der Waals surface area contributed by atoms with Crippen LogP contribution in [0.25, 0.3) is 10.9 Å². The number of pyridine rings is 1. The SMILES string of the molecule is Cn1nnnc1SCCCSc1ccc2ccccc2n1. The molecule has 1 aromatic carbocycles. The van der Waals surface area contributed by atoms with Crippen molar-refractivity contribution >= 4 is 34.4 Å². The Hall–Kier alpha value is -1.60. The number of tetrazole rings is 1. The molecule has 0 amide bonds. The lowest BCUT2D eigenvalue weighted by atomic mass is 10.2. The Morgan fingerprint density at radius 3 is 2.76 bits per heavy atom. The fourth-order valence-electron chi connectivity index (χ4n) is 1.87. The molecule has 3 aromatic rings. The van der Waals surface area contributed by atoms with Crippen LogP contribution in [0.1, 0.15) is 6.42 Å². The molecule has 0 spiro atoms. The number of aromatic nitrogens is 5. The molecule has 0 fully saturated rings. The third-order valence-corrected chi connectivity index (χ3v) is 5.04. The number of aryl methyl sites for hydroxylation is 1. The van der Waals surface area contributed by atoms with Crippen LogP contribution in [-0.2, 0) is 7.05 Å². The van der Waals surface area contributed by atoms with Gasteiger partial charge in [-0.05, 0) is 29.0 Å². The van der Waals surface area contributed by atoms with Crippen LogP contribution in [0.5, 0.6) is 0 Å². The summed E-state index contributed by atoms with van der Waals surface area (Å²) in [6, 6.07) is 12.4. The van der Waals surface area contributed by atoms with Crippen molar-refractivity contribution in [2.24, 2.45) is 7.05 Å². The average molecular weight is 317 g/mol. The van der Waals surface area contributed by atoms with Gasteiger partial charge in [-0.1, -0.05) is 36.0 Å². The van der Waals surface area contributed by atoms with E-state index < -0.39 is 0 Å². The molecule has 21 heavy (non-hydrogen) atoms. The Morgan fingerprint density at radius 1 is 1.05 bits per heavy atom. The summed E-state index contributed by atoms with van der Waals surface area (Å²) in [6.45, 7) is 0. The van der Waals surface area contributed by atoms with Crippen molar-refractivity contribution < 1.29 is 0 Å². The van der Waals surface area contributed by atoms with E-state index in [0.717, 1.165) is 33.6 Å². The van der Waals surface area contributed by atoms with Gasteiger partial charge in [0, 0.05) is 23.9 Å². The Morgan fingerprint density at radius 2 is 1.90 bits per heavy atom. The predicted octanol–water partition coefficient (Wildman–Crippen LogP) is 3.03. The molecule has 2 aromatic heterocycles. The highest BCUT2D eigenvalue weighted by Gasteiger charge is 2.03. The molecule has 5 nitrogen and oxygen atoms in total. The van der Waals surface area contributed by atoms with Crippen LogP contribution in [0.15, 0.2) is 46.6 Å². The van der Waals surface area contributed by atoms with E-state index in [4.69, 9.17) is 0 Å². The van der Waals surface area contributed by atoms with Gasteiger partial charge in [-0.2, -0.15) is 0 Å². The van der Waals surface area contributed by atoms with E-state index in [9.17, 15) is 0 Å². The van der Waals surface area contributed by atoms with Crippen LogP contribution >= 0.6 is 23.5 Å². The molecule has 0 saturated heterocycles. The topological polar surface area (TPSA) is 56.5 Å². The van der Waals surface area contributed by atoms with Crippen LogP contribution in [0.2, 0.25) is 0 Å². The quantitative estimate of drug-likeness (QED) is 0.514. The fourth-order valence-corrected chi connectivity index (χ4v) is 3.67. The molecule has 7 heteroatoms. The highest BCUT2D eigenvalue weighted by Crippen LogP contribution is 2.22. The van der Waals surface area contributed by atoms with Crippen molar-refractivity contribution in [1.29, 1.82) is 0 Å². The zero-order valence-electron chi connectivity index (χ0n) is 11.6. The molecule has 0 saturated carbocycles. The van der Waals surface area contributed by atoms with Gasteiger partial charge in [0.1, 0.15) is 0 Å². The predicted molar refractivity (Wildman–Crippen MR) is 86.6 cm³/mol. The number of nitrogens with zero attached hydrogens (tertiary/aromatic N) is 5. The van der Waals surface area contributed by atoms with Gasteiger partial charge >= 0.3 is 0 Å². The van der Waals surface area contributed by atoms with Crippen molar-refractivity contribution in [3.05, 3.63) is 36.4 Å². The molecular weight excluding hydrogens is 302 g/mol. The number of benzene rings is 1. The first-order valence-corrected chi connectivity index (χ1v) is 8.64. The van der Waals surface area contributed by atoms with Crippen LogP contribution in [-0.4, -0.2) is 36.7 Å². The first kappa shape index (κ1) is 14.3. The summed E-state index contributed by atoms with van der Waals surface area (Å²) < 4.78 is 1.70. The summed E-state index contributed by atoms with van der Waals surface area (Å²) in [7, 11) is 1.86. The number of fused-ring (bicyclic) bond motifs is 1. The third-order valence-electron chi connectivity index (χ3n) is 2.92. The molecular formula is C14H15N5S2. The fraction of sp³-hybridized carbons (Fsp3) is 0.286. The zero-order valence-corrected chi connectivity index (χ0v) is 13.3. The van der Waals surface area contributed by atoms with Gasteiger partial charge in [-0.3, -0.25) is 0 Å². The molecule has 0 N–H and O–H groups in total. The van der Waals surface area contributed by atoms with Gasteiger partial charge in [0.15, 0.2) is 0 Å². The number of rotatable bonds is 6. The van der Waals surface area contributed by atoms with E-state index in [1.165, 1.54) is 5.39 Å². The van der Waals surface area contributed by atoms with Crippen LogP contribution in [0.4, 0.5) is 0 Å². The molecule has 0 unspecified atom stereocenters. The minimum absolute atomic E-state index is 0.865. The van der Waals surface area contributed by atoms with Crippen LogP contribution < -0.4 is 0 Å². The molecule has 2 heterocycles. The van der Waals surface area contributed by atoms with Gasteiger partial charge in [0.2, 0.25) is 5.16 Å². The minimum Gasteiger partial charge on any atom is -0.241 e. The monoisotopic (exact) mass is 317 g/mol. The normalized spacial score (nSPS) is 11.1. The van der Waals surface area contributed by atoms with E-state index in [1.807, 2.05) is 19.2 Å². The number of hydrogen-bond acceptors (Lipinski definition) is 6. The van der Waals surface area contributed by atoms with E-state index in [-0.39, 0.29) is 0 Å². The van der Waals surface area contributed by atoms with E-state index >= 15 is 0 Å². The lowest BCUT2D eigenvalue weighted by molar-refractivity contribution is 0.664. The maximum absolute atomic E-state index is 4.66. The first-order chi connectivity index (χ1) is 10.3. The largest absolute Gasteiger partial charge is 0.241 e. The van der Waals surface area contributed by atoms with Crippen molar-refractivity contribution in [1.82, 2.24) is 25.2 Å². The van der Waals surface area contributed by atoms with Gasteiger partial charge in [-0.15, -0.1) is 16.9 Å². The number of hydrogen-bond donors (Lipinski definition) is 0. The third kappa shape index (κ3) is 3.74. The van der Waals surface area contributed by atoms with Gasteiger partial charge in [0.25, 0.3) is 0 Å². The second-order valence-electron chi connectivity index (χ2n) is 4.48. The highest BCUT2D eigenvalue weighted by atomic mass is 32.2. The van der Waals surface area contributed by atoms with Crippen molar-refractivity contribution in [3.63, 3.8) is 0 Å². The molecule has 0 aliphatic heterocycles. The molecule has 3 rings (SSSR count). The average Bonchev–Trinajstić information content (AvgIpc) is 2.92. The second-order valence-corrected chi connectivity index (χ2v) is 6.66. The summed E-state index contributed by atoms with van der Waals surface area (Å²) >= 11 is 3.48. The molecule has 0 aliphatic carbocycles. The van der Waals surface area contributed by atoms with Crippen LogP contribution in [0.3, 0.4) is 0 Å². The maximum Gasteiger partial charge on any atom is 0.209 e. The molecule has 0 atom stereocenters. The first-order valence-electron chi connectivity index (χ1n) is 6.67. The van der Waals surface area contributed by atoms with Crippen molar-refractivity contribution in [2.45, 2.75) is 16.6 Å². The smallest absolute Gasteiger partial charge is 0.209 e. The van der Waals surface area contributed by atoms with E-state index in [2.05, 4.69) is 44.8 Å². The summed E-state index contributed by atoms with van der Waals surface area (Å²) in [5.74, 6) is 2.05. The molecule has 0 aliphatic rings. The Labute approximate surface area is 131 Å². The number of thioether (sulfide) groups is 2. The highest BCUT2D eigenvalue weighted by molar-refractivity contribution is 8.00. The Kier molecular flexibility index (Phi) is 4.72. The van der Waals surface area contributed by atoms with Gasteiger partial charge in [0.05, 0.1) is 10.5 Å². The summed E-state index contributed by atoms with van der Waals surface area (Å²) in [5.41, 5.74) is 1.06. The lowest BCUT2D eigenvalue weighted by Crippen LogP contribution is -1.94. The van der Waals surface area contributed by atoms with Gasteiger partial charge < -0.3 is 0 Å². The number of para-hydroxylation sites is 1. The summed E-state index contributed by atoms with van der Waals surface area (Å²) in [5, 5.41) is 14.5. The summed E-state index contributed by atoms with van der Waals surface area (Å²) in [6.07, 6.45) is 1.09. The molecule has 0 radical (unpaired) electrons. The standard InChI is InChI=1S/C14H15N5S2/c1-19-14(16-17-18-19)21-10-4-9-20-13-8-7-11-5-2-3-6-12(11)15-13/h2-3,5-8H,4,9-10H2,1H3. The zero-order chi connectivity index (χ0) is 14.5. The molecule has 108 valence electrons. The second kappa shape index (κ2) is 6.91.